The zero-order valence-corrected chi connectivity index (χ0v) is 11.2. The molecule has 3 nitrogen and oxygen atoms in total. The van der Waals surface area contributed by atoms with Gasteiger partial charge in [0.1, 0.15) is 0 Å². The average molecular weight is 234 g/mol. The van der Waals surface area contributed by atoms with Crippen molar-refractivity contribution < 1.29 is 4.79 Å². The first-order chi connectivity index (χ1) is 8.10. The van der Waals surface area contributed by atoms with Crippen molar-refractivity contribution >= 4 is 11.6 Å². The fourth-order valence-corrected chi connectivity index (χ4v) is 1.75. The predicted octanol–water partition coefficient (Wildman–Crippen LogP) is 2.91. The normalized spacial score (nSPS) is 10.1. The van der Waals surface area contributed by atoms with E-state index >= 15 is 0 Å². The smallest absolute Gasteiger partial charge is 0.255 e. The molecule has 0 saturated carbocycles. The first kappa shape index (κ1) is 13.6. The summed E-state index contributed by atoms with van der Waals surface area (Å²) in [5.74, 6) is 0.0859. The summed E-state index contributed by atoms with van der Waals surface area (Å²) in [4.78, 5) is 14.0. The number of benzene rings is 1. The topological polar surface area (TPSA) is 32.3 Å². The second-order valence-electron chi connectivity index (χ2n) is 4.38. The Morgan fingerprint density at radius 3 is 2.71 bits per heavy atom. The lowest BCUT2D eigenvalue weighted by Gasteiger charge is -2.19. The number of carbonyl (C=O) groups is 1. The summed E-state index contributed by atoms with van der Waals surface area (Å²) < 4.78 is 0. The molecular formula is C14H22N2O. The molecule has 1 amide bonds. The van der Waals surface area contributed by atoms with E-state index in [0.29, 0.717) is 0 Å². The largest absolute Gasteiger partial charge is 0.387 e. The number of hydrogen-bond acceptors (Lipinski definition) is 2. The van der Waals surface area contributed by atoms with Crippen LogP contribution in [0.5, 0.6) is 0 Å². The molecule has 0 aliphatic rings. The van der Waals surface area contributed by atoms with Crippen molar-refractivity contribution in [2.24, 2.45) is 0 Å². The van der Waals surface area contributed by atoms with Crippen LogP contribution in [0.4, 0.5) is 5.69 Å². The molecule has 1 aromatic carbocycles. The summed E-state index contributed by atoms with van der Waals surface area (Å²) in [5, 5.41) is 3.08. The molecule has 0 heterocycles. The van der Waals surface area contributed by atoms with Gasteiger partial charge in [-0.05, 0) is 31.0 Å². The zero-order valence-electron chi connectivity index (χ0n) is 11.2. The minimum atomic E-state index is 0.0859. The van der Waals surface area contributed by atoms with E-state index in [1.54, 1.807) is 4.90 Å². The van der Waals surface area contributed by atoms with Crippen LogP contribution in [0.2, 0.25) is 0 Å². The SMILES string of the molecule is CCCCN(C)C(=O)c1ccc(C)cc1NC. The number of rotatable bonds is 5. The standard InChI is InChI=1S/C14H22N2O/c1-5-6-9-16(4)14(17)12-8-7-11(2)10-13(12)15-3/h7-8,10,15H,5-6,9H2,1-4H3. The van der Waals surface area contributed by atoms with Crippen LogP contribution < -0.4 is 5.32 Å². The maximum absolute atomic E-state index is 12.2. The Labute approximate surface area is 104 Å². The maximum Gasteiger partial charge on any atom is 0.255 e. The Hall–Kier alpha value is -1.51. The highest BCUT2D eigenvalue weighted by Gasteiger charge is 2.14. The Balaban J connectivity index is 2.87. The molecule has 0 aliphatic heterocycles. The van der Waals surface area contributed by atoms with Gasteiger partial charge < -0.3 is 10.2 Å². The van der Waals surface area contributed by atoms with Crippen LogP contribution in [0.3, 0.4) is 0 Å². The molecule has 1 rings (SSSR count). The van der Waals surface area contributed by atoms with Crippen molar-refractivity contribution in [1.29, 1.82) is 0 Å². The van der Waals surface area contributed by atoms with Gasteiger partial charge in [-0.25, -0.2) is 0 Å². The number of amides is 1. The molecule has 0 unspecified atom stereocenters. The molecule has 3 heteroatoms. The fraction of sp³-hybridized carbons (Fsp3) is 0.500. The van der Waals surface area contributed by atoms with Crippen LogP contribution in [0.25, 0.3) is 0 Å². The molecule has 1 N–H and O–H groups in total. The predicted molar refractivity (Wildman–Crippen MR) is 72.6 cm³/mol. The highest BCUT2D eigenvalue weighted by Crippen LogP contribution is 2.18. The van der Waals surface area contributed by atoms with Gasteiger partial charge >= 0.3 is 0 Å². The van der Waals surface area contributed by atoms with E-state index < -0.39 is 0 Å². The molecule has 1 aromatic rings. The zero-order chi connectivity index (χ0) is 12.8. The number of nitrogens with one attached hydrogen (secondary N) is 1. The maximum atomic E-state index is 12.2. The molecule has 0 aromatic heterocycles. The van der Waals surface area contributed by atoms with E-state index in [-0.39, 0.29) is 5.91 Å². The highest BCUT2D eigenvalue weighted by molar-refractivity contribution is 5.99. The van der Waals surface area contributed by atoms with Crippen LogP contribution in [0.15, 0.2) is 18.2 Å². The van der Waals surface area contributed by atoms with Crippen LogP contribution in [-0.4, -0.2) is 31.4 Å². The molecular weight excluding hydrogens is 212 g/mol. The molecule has 0 atom stereocenters. The van der Waals surface area contributed by atoms with Crippen molar-refractivity contribution in [2.45, 2.75) is 26.7 Å². The van der Waals surface area contributed by atoms with Crippen LogP contribution >= 0.6 is 0 Å². The summed E-state index contributed by atoms with van der Waals surface area (Å²) in [7, 11) is 3.70. The van der Waals surface area contributed by atoms with E-state index in [1.807, 2.05) is 39.2 Å². The summed E-state index contributed by atoms with van der Waals surface area (Å²) >= 11 is 0. The molecule has 0 bridgehead atoms. The van der Waals surface area contributed by atoms with Gasteiger partial charge in [0.2, 0.25) is 0 Å². The van der Waals surface area contributed by atoms with Gasteiger partial charge in [0.25, 0.3) is 5.91 Å². The molecule has 17 heavy (non-hydrogen) atoms. The Morgan fingerprint density at radius 2 is 2.12 bits per heavy atom. The van der Waals surface area contributed by atoms with Crippen LogP contribution in [0, 0.1) is 6.92 Å². The van der Waals surface area contributed by atoms with Gasteiger partial charge in [-0.1, -0.05) is 19.4 Å². The van der Waals surface area contributed by atoms with Gasteiger partial charge in [-0.15, -0.1) is 0 Å². The van der Waals surface area contributed by atoms with E-state index in [2.05, 4.69) is 12.2 Å². The molecule has 94 valence electrons. The third-order valence-electron chi connectivity index (χ3n) is 2.87. The Morgan fingerprint density at radius 1 is 1.41 bits per heavy atom. The number of unbranched alkanes of at least 4 members (excludes halogenated alkanes) is 1. The van der Waals surface area contributed by atoms with Crippen molar-refractivity contribution in [3.05, 3.63) is 29.3 Å². The molecule has 0 aliphatic carbocycles. The minimum Gasteiger partial charge on any atom is -0.387 e. The van der Waals surface area contributed by atoms with E-state index in [9.17, 15) is 4.79 Å². The van der Waals surface area contributed by atoms with Crippen LogP contribution in [-0.2, 0) is 0 Å². The Kier molecular flexibility index (Phi) is 5.01. The van der Waals surface area contributed by atoms with Gasteiger partial charge in [0, 0.05) is 26.3 Å². The van der Waals surface area contributed by atoms with Crippen molar-refractivity contribution in [1.82, 2.24) is 4.90 Å². The molecule has 0 spiro atoms. The monoisotopic (exact) mass is 234 g/mol. The lowest BCUT2D eigenvalue weighted by molar-refractivity contribution is 0.0794. The van der Waals surface area contributed by atoms with Crippen molar-refractivity contribution in [3.8, 4) is 0 Å². The van der Waals surface area contributed by atoms with Crippen molar-refractivity contribution in [3.63, 3.8) is 0 Å². The number of carbonyl (C=O) groups excluding carboxylic acids is 1. The third kappa shape index (κ3) is 3.48. The van der Waals surface area contributed by atoms with Crippen LogP contribution in [0.1, 0.15) is 35.7 Å². The third-order valence-corrected chi connectivity index (χ3v) is 2.87. The number of hydrogen-bond donors (Lipinski definition) is 1. The van der Waals surface area contributed by atoms with E-state index in [0.717, 1.165) is 36.2 Å². The van der Waals surface area contributed by atoms with E-state index in [4.69, 9.17) is 0 Å². The first-order valence-electron chi connectivity index (χ1n) is 6.14. The summed E-state index contributed by atoms with van der Waals surface area (Å²) in [5.41, 5.74) is 2.80. The summed E-state index contributed by atoms with van der Waals surface area (Å²) in [6.07, 6.45) is 2.15. The van der Waals surface area contributed by atoms with Gasteiger partial charge in [0.15, 0.2) is 0 Å². The summed E-state index contributed by atoms with van der Waals surface area (Å²) in [6.45, 7) is 4.96. The number of aryl methyl sites for hydroxylation is 1. The average Bonchev–Trinajstić information content (AvgIpc) is 2.34. The fourth-order valence-electron chi connectivity index (χ4n) is 1.75. The first-order valence-corrected chi connectivity index (χ1v) is 6.14. The van der Waals surface area contributed by atoms with Gasteiger partial charge in [-0.2, -0.15) is 0 Å². The Bertz CT molecular complexity index is 388. The number of nitrogens with zero attached hydrogens (tertiary/aromatic N) is 1. The lowest BCUT2D eigenvalue weighted by atomic mass is 10.1. The van der Waals surface area contributed by atoms with E-state index in [1.165, 1.54) is 0 Å². The second kappa shape index (κ2) is 6.28. The molecule has 0 fully saturated rings. The van der Waals surface area contributed by atoms with Gasteiger partial charge in [-0.3, -0.25) is 4.79 Å². The quantitative estimate of drug-likeness (QED) is 0.849. The van der Waals surface area contributed by atoms with Gasteiger partial charge in [0.05, 0.1) is 5.56 Å². The highest BCUT2D eigenvalue weighted by atomic mass is 16.2. The summed E-state index contributed by atoms with van der Waals surface area (Å²) in [6, 6.07) is 5.87. The lowest BCUT2D eigenvalue weighted by Crippen LogP contribution is -2.28. The number of anilines is 1. The molecule has 0 radical (unpaired) electrons. The minimum absolute atomic E-state index is 0.0859. The second-order valence-corrected chi connectivity index (χ2v) is 4.38. The van der Waals surface area contributed by atoms with Crippen molar-refractivity contribution in [2.75, 3.05) is 26.0 Å². The molecule has 0 saturated heterocycles.